The van der Waals surface area contributed by atoms with E-state index in [9.17, 15) is 36.0 Å². The monoisotopic (exact) mass is 937 g/mol. The summed E-state index contributed by atoms with van der Waals surface area (Å²) in [6, 6.07) is 10.8. The average molecular weight is 938 g/mol. The van der Waals surface area contributed by atoms with Crippen molar-refractivity contribution in [3.63, 3.8) is 0 Å². The molecule has 1 saturated heterocycles. The first-order valence-corrected chi connectivity index (χ1v) is 23.9. The molecule has 3 aliphatic rings. The molecular weight excluding hydrogens is 892 g/mol. The van der Waals surface area contributed by atoms with Gasteiger partial charge in [-0.2, -0.15) is 18.2 Å². The maximum absolute atomic E-state index is 15.1. The van der Waals surface area contributed by atoms with Gasteiger partial charge >= 0.3 is 12.1 Å². The molecule has 2 amide bonds. The van der Waals surface area contributed by atoms with Crippen LogP contribution in [0.2, 0.25) is 0 Å². The number of alkyl halides is 3. The summed E-state index contributed by atoms with van der Waals surface area (Å²) in [7, 11) is -2.66. The number of sulfonamides is 1. The number of methoxy groups -OCH3 is 1. The van der Waals surface area contributed by atoms with Crippen molar-refractivity contribution < 1.29 is 50.2 Å². The first-order valence-electron chi connectivity index (χ1n) is 20.7. The Bertz CT molecular complexity index is 2810. The van der Waals surface area contributed by atoms with Gasteiger partial charge in [-0.15, -0.1) is 29.3 Å². The summed E-state index contributed by atoms with van der Waals surface area (Å²) in [4.78, 5) is 72.0. The number of hydrogen-bond acceptors (Lipinski definition) is 13. The molecule has 1 N–H and O–H groups in total. The number of halogens is 3. The van der Waals surface area contributed by atoms with Gasteiger partial charge in [0.2, 0.25) is 27.7 Å². The number of aromatic nitrogens is 3. The van der Waals surface area contributed by atoms with Crippen molar-refractivity contribution in [3.05, 3.63) is 82.3 Å². The predicted molar refractivity (Wildman–Crippen MR) is 235 cm³/mol. The maximum atomic E-state index is 15.1. The quantitative estimate of drug-likeness (QED) is 0.0842. The van der Waals surface area contributed by atoms with E-state index in [1.54, 1.807) is 6.92 Å². The molecule has 5 aromatic rings. The molecule has 0 unspecified atom stereocenters. The highest BCUT2D eigenvalue weighted by atomic mass is 32.2. The summed E-state index contributed by atoms with van der Waals surface area (Å²) in [5, 5.41) is 0.623. The predicted octanol–water partition coefficient (Wildman–Crippen LogP) is 8.10. The zero-order chi connectivity index (χ0) is 46.1. The number of nitrogens with zero attached hydrogens (tertiary/aromatic N) is 4. The number of hydrogen-bond donors (Lipinski definition) is 1. The van der Waals surface area contributed by atoms with Crippen LogP contribution >= 0.6 is 22.7 Å². The number of thiophene rings is 1. The van der Waals surface area contributed by atoms with Crippen molar-refractivity contribution in [3.8, 4) is 17.3 Å². The van der Waals surface area contributed by atoms with Gasteiger partial charge in [0.15, 0.2) is 11.6 Å². The number of likely N-dealkylation sites (tertiary alicyclic amines) is 1. The van der Waals surface area contributed by atoms with Gasteiger partial charge in [0.25, 0.3) is 0 Å². The number of aryl methyl sites for hydroxylation is 1. The van der Waals surface area contributed by atoms with E-state index >= 15 is 4.79 Å². The van der Waals surface area contributed by atoms with E-state index in [-0.39, 0.29) is 43.9 Å². The fourth-order valence-electron chi connectivity index (χ4n) is 8.44. The van der Waals surface area contributed by atoms with E-state index < -0.39 is 85.4 Å². The van der Waals surface area contributed by atoms with E-state index in [0.29, 0.717) is 44.2 Å². The highest BCUT2D eigenvalue weighted by Crippen LogP contribution is 2.57. The third-order valence-electron chi connectivity index (χ3n) is 12.3. The van der Waals surface area contributed by atoms with Crippen LogP contribution in [0.3, 0.4) is 0 Å². The largest absolute Gasteiger partial charge is 0.471 e. The molecule has 4 heterocycles. The fourth-order valence-corrected chi connectivity index (χ4v) is 11.9. The number of rotatable bonds is 14. The summed E-state index contributed by atoms with van der Waals surface area (Å²) in [6.07, 6.45) is -3.05. The summed E-state index contributed by atoms with van der Waals surface area (Å²) in [5.41, 5.74) is -1.64. The number of Topliss-reactive ketones (excluding diaryl/α,β-unsaturated/α-hetero) is 1. The Labute approximate surface area is 375 Å². The highest BCUT2D eigenvalue weighted by Gasteiger charge is 2.61. The Balaban J connectivity index is 1.16. The number of ketones is 1. The van der Waals surface area contributed by atoms with Gasteiger partial charge in [0.1, 0.15) is 15.7 Å². The van der Waals surface area contributed by atoms with E-state index in [1.807, 2.05) is 45.0 Å². The molecule has 8 rings (SSSR count). The van der Waals surface area contributed by atoms with E-state index in [4.69, 9.17) is 19.4 Å². The number of esters is 1. The summed E-state index contributed by atoms with van der Waals surface area (Å²) >= 11 is 2.48. The second-order valence-electron chi connectivity index (χ2n) is 17.8. The summed E-state index contributed by atoms with van der Waals surface area (Å²) < 4.78 is 81.6. The van der Waals surface area contributed by atoms with E-state index in [0.717, 1.165) is 33.6 Å². The molecular formula is C45H46F3N5O8S3. The molecule has 0 bridgehead atoms. The Morgan fingerprint density at radius 1 is 1.03 bits per heavy atom. The Hall–Kier alpha value is -5.27. The first-order chi connectivity index (χ1) is 30.1. The molecule has 3 fully saturated rings. The van der Waals surface area contributed by atoms with Crippen LogP contribution in [-0.2, 0) is 41.7 Å². The number of thiazole rings is 1. The minimum atomic E-state index is -4.55. The zero-order valence-corrected chi connectivity index (χ0v) is 38.1. The normalized spacial score (nSPS) is 21.8. The topological polar surface area (TPSA) is 175 Å². The van der Waals surface area contributed by atoms with Gasteiger partial charge in [-0.1, -0.05) is 57.2 Å². The number of amides is 2. The van der Waals surface area contributed by atoms with Gasteiger partial charge in [-0.3, -0.25) is 19.1 Å². The molecule has 64 heavy (non-hydrogen) atoms. The van der Waals surface area contributed by atoms with Crippen LogP contribution in [0.25, 0.3) is 31.7 Å². The molecule has 3 aromatic heterocycles. The van der Waals surface area contributed by atoms with Crippen molar-refractivity contribution in [1.29, 1.82) is 0 Å². The molecule has 2 aliphatic carbocycles. The lowest BCUT2D eigenvalue weighted by Crippen LogP contribution is -2.48. The van der Waals surface area contributed by atoms with Gasteiger partial charge in [-0.05, 0) is 55.7 Å². The first kappa shape index (κ1) is 45.3. The molecule has 19 heteroatoms. The number of nitrogens with one attached hydrogen (secondary N) is 1. The van der Waals surface area contributed by atoms with Crippen molar-refractivity contribution in [2.45, 2.75) is 89.8 Å². The van der Waals surface area contributed by atoms with Gasteiger partial charge in [0, 0.05) is 40.8 Å². The molecule has 2 saturated carbocycles. The SMILES string of the molecule is C=C[C@@H]1C[C@]1(CC(=O)[C@@H]1C[C@@H](Oc2nc(-c3ccc(C(F)(F)F)cc3)nc3c2sc2ccccc23)CN1C(=O)[C@@H](Cc1nc(C)c(C(=O)OC)s1)C(C)(C)C)C(=O)NS(=O)(=O)C1CC1. The third kappa shape index (κ3) is 8.77. The van der Waals surface area contributed by atoms with Gasteiger partial charge in [-0.25, -0.2) is 23.2 Å². The van der Waals surface area contributed by atoms with Gasteiger partial charge in [0.05, 0.1) is 52.1 Å². The van der Waals surface area contributed by atoms with Crippen LogP contribution in [0, 0.1) is 29.6 Å². The van der Waals surface area contributed by atoms with E-state index in [2.05, 4.69) is 16.3 Å². The van der Waals surface area contributed by atoms with Crippen LogP contribution in [0.5, 0.6) is 5.88 Å². The Kier molecular flexibility index (Phi) is 11.8. The number of fused-ring (bicyclic) bond motifs is 3. The lowest BCUT2D eigenvalue weighted by atomic mass is 9.77. The number of allylic oxidation sites excluding steroid dienone is 1. The molecule has 338 valence electrons. The zero-order valence-electron chi connectivity index (χ0n) is 35.7. The van der Waals surface area contributed by atoms with Crippen LogP contribution < -0.4 is 9.46 Å². The Morgan fingerprint density at radius 3 is 2.36 bits per heavy atom. The van der Waals surface area contributed by atoms with Crippen LogP contribution in [0.15, 0.2) is 61.2 Å². The number of benzene rings is 2. The molecule has 13 nitrogen and oxygen atoms in total. The number of carbonyl (C=O) groups is 4. The Morgan fingerprint density at radius 2 is 1.73 bits per heavy atom. The average Bonchev–Trinajstić information content (AvgIpc) is 4.10. The van der Waals surface area contributed by atoms with Crippen LogP contribution in [0.4, 0.5) is 13.2 Å². The second-order valence-corrected chi connectivity index (χ2v) is 21.9. The van der Waals surface area contributed by atoms with Crippen molar-refractivity contribution in [2.75, 3.05) is 13.7 Å². The lowest BCUT2D eigenvalue weighted by Gasteiger charge is -2.35. The van der Waals surface area contributed by atoms with Crippen molar-refractivity contribution in [2.24, 2.45) is 22.7 Å². The minimum absolute atomic E-state index is 0.0207. The molecule has 1 aliphatic heterocycles. The summed E-state index contributed by atoms with van der Waals surface area (Å²) in [6.45, 7) is 11.1. The third-order valence-corrected chi connectivity index (χ3v) is 16.5. The molecule has 0 radical (unpaired) electrons. The maximum Gasteiger partial charge on any atom is 0.416 e. The van der Waals surface area contributed by atoms with Gasteiger partial charge < -0.3 is 14.4 Å². The molecule has 5 atom stereocenters. The number of ether oxygens (including phenoxy) is 2. The highest BCUT2D eigenvalue weighted by molar-refractivity contribution is 7.90. The standard InChI is InChI=1S/C45H46F3N5O8S3/c1-7-25-20-44(25,42(57)52-64(58,59)28-16-17-28)21-32(54)31-18-27(22-53(31)40(55)30(43(3,4)5)19-34-49-23(2)36(63-34)41(56)60-6)61-39-37-35(29-10-8-9-11-33(29)62-37)50-38(51-39)24-12-14-26(15-13-24)45(46,47)48/h7-15,25,27-28,30-31H,1,16-22H2,2-6H3,(H,52,57)/t25-,27-,30-,31+,44-/m1/s1. The fraction of sp³-hybridized carbons (Fsp3) is 0.444. The van der Waals surface area contributed by atoms with Crippen molar-refractivity contribution >= 4 is 76.6 Å². The van der Waals surface area contributed by atoms with Crippen molar-refractivity contribution in [1.82, 2.24) is 24.6 Å². The molecule has 0 spiro atoms. The number of carbonyl (C=O) groups excluding carboxylic acids is 4. The smallest absolute Gasteiger partial charge is 0.416 e. The minimum Gasteiger partial charge on any atom is -0.471 e. The van der Waals surface area contributed by atoms with Crippen LogP contribution in [0.1, 0.15) is 78.8 Å². The lowest BCUT2D eigenvalue weighted by molar-refractivity contribution is -0.144. The second kappa shape index (κ2) is 16.6. The van der Waals surface area contributed by atoms with Crippen LogP contribution in [-0.4, -0.2) is 82.9 Å². The summed E-state index contributed by atoms with van der Waals surface area (Å²) in [5.74, 6) is -3.21. The molecule has 2 aromatic carbocycles. The van der Waals surface area contributed by atoms with E-state index in [1.165, 1.54) is 41.6 Å².